The first-order valence-corrected chi connectivity index (χ1v) is 10.4. The fourth-order valence-corrected chi connectivity index (χ4v) is 3.38. The summed E-state index contributed by atoms with van der Waals surface area (Å²) in [5, 5.41) is 4.60. The van der Waals surface area contributed by atoms with E-state index in [1.54, 1.807) is 12.1 Å². The maximum atomic E-state index is 11.4. The highest BCUT2D eigenvalue weighted by Crippen LogP contribution is 2.11. The zero-order valence-corrected chi connectivity index (χ0v) is 15.9. The summed E-state index contributed by atoms with van der Waals surface area (Å²) in [5.41, 5.74) is 17.2. The molecule has 2 aromatic rings. The molecule has 0 aliphatic carbocycles. The van der Waals surface area contributed by atoms with E-state index in [0.717, 1.165) is 5.56 Å². The van der Waals surface area contributed by atoms with Crippen LogP contribution in [0.4, 0.5) is 5.69 Å². The summed E-state index contributed by atoms with van der Waals surface area (Å²) < 4.78 is 46.4. The lowest BCUT2D eigenvalue weighted by molar-refractivity contribution is 0.592. The minimum Gasteiger partial charge on any atom is -0.399 e. The van der Waals surface area contributed by atoms with Crippen LogP contribution in [-0.2, 0) is 26.6 Å². The Balaban J connectivity index is 0.000000263. The molecule has 0 saturated carbocycles. The van der Waals surface area contributed by atoms with E-state index in [4.69, 9.17) is 22.3 Å². The number of nitrogen functional groups attached to an aromatic ring is 1. The van der Waals surface area contributed by atoms with Gasteiger partial charge in [0.25, 0.3) is 10.0 Å². The molecule has 0 unspecified atom stereocenters. The normalized spacial score (nSPS) is 11.2. The van der Waals surface area contributed by atoms with Crippen LogP contribution in [-0.4, -0.2) is 21.9 Å². The molecule has 0 spiro atoms. The van der Waals surface area contributed by atoms with Gasteiger partial charge in [-0.05, 0) is 54.2 Å². The van der Waals surface area contributed by atoms with Crippen LogP contribution >= 0.6 is 12.2 Å². The van der Waals surface area contributed by atoms with E-state index in [1.807, 2.05) is 4.72 Å². The predicted octanol–water partition coefficient (Wildman–Crippen LogP) is -0.417. The Bertz CT molecular complexity index is 957. The third-order valence-corrected chi connectivity index (χ3v) is 5.45. The second kappa shape index (κ2) is 8.91. The number of hydrogen-bond acceptors (Lipinski definition) is 7. The van der Waals surface area contributed by atoms with Gasteiger partial charge in [-0.1, -0.05) is 12.1 Å². The highest BCUT2D eigenvalue weighted by molar-refractivity contribution is 7.91. The molecule has 0 amide bonds. The third kappa shape index (κ3) is 6.93. The summed E-state index contributed by atoms with van der Waals surface area (Å²) in [7, 11) is -7.22. The van der Waals surface area contributed by atoms with Crippen molar-refractivity contribution in [2.45, 2.75) is 16.3 Å². The molecule has 0 atom stereocenters. The van der Waals surface area contributed by atoms with Crippen molar-refractivity contribution >= 4 is 43.1 Å². The van der Waals surface area contributed by atoms with E-state index in [2.05, 4.69) is 12.2 Å². The van der Waals surface area contributed by atoms with E-state index in [9.17, 15) is 16.8 Å². The smallest absolute Gasteiger partial charge is 0.263 e. The molecule has 0 bridgehead atoms. The Morgan fingerprint density at radius 1 is 0.923 bits per heavy atom. The van der Waals surface area contributed by atoms with E-state index < -0.39 is 20.0 Å². The molecule has 0 heterocycles. The Hall–Kier alpha value is -2.25. The number of thiocarbonyl (C=S) groups is 1. The fourth-order valence-electron chi connectivity index (χ4n) is 1.65. The van der Waals surface area contributed by atoms with E-state index in [-0.39, 0.29) is 14.9 Å². The number of nitrogens with two attached hydrogens (primary N) is 4. The Morgan fingerprint density at radius 2 is 1.38 bits per heavy atom. The molecule has 0 aliphatic rings. The van der Waals surface area contributed by atoms with Gasteiger partial charge < -0.3 is 17.2 Å². The van der Waals surface area contributed by atoms with Gasteiger partial charge in [0, 0.05) is 12.2 Å². The van der Waals surface area contributed by atoms with Crippen LogP contribution in [0.15, 0.2) is 58.3 Å². The van der Waals surface area contributed by atoms with Crippen LogP contribution in [0.3, 0.4) is 0 Å². The number of primary sulfonamides is 1. The molecule has 12 heteroatoms. The van der Waals surface area contributed by atoms with Crippen LogP contribution in [0.5, 0.6) is 0 Å². The first-order valence-electron chi connectivity index (χ1n) is 6.95. The van der Waals surface area contributed by atoms with Crippen molar-refractivity contribution in [3.05, 3.63) is 54.1 Å². The number of hydrogen-bond donors (Lipinski definition) is 5. The highest BCUT2D eigenvalue weighted by atomic mass is 32.2. The Labute approximate surface area is 157 Å². The third-order valence-electron chi connectivity index (χ3n) is 2.91. The monoisotopic (exact) mass is 417 g/mol. The standard InChI is InChI=1S/C7H9N3O2S2.C7H10N2O2S/c8-5-1-3-6(4-2-5)14(11,12)10-7(9)13;8-5-6-1-3-7(4-2-6)12(9,10)11/h1-4H,8H2,(H3,9,10,13);1-4H,5,8H2,(H2,9,10,11). The van der Waals surface area contributed by atoms with Crippen LogP contribution in [0.2, 0.25) is 0 Å². The van der Waals surface area contributed by atoms with Crippen molar-refractivity contribution in [3.63, 3.8) is 0 Å². The van der Waals surface area contributed by atoms with Gasteiger partial charge in [0.2, 0.25) is 10.0 Å². The topological polar surface area (TPSA) is 184 Å². The van der Waals surface area contributed by atoms with Gasteiger partial charge in [-0.15, -0.1) is 0 Å². The minimum absolute atomic E-state index is 0.0690. The van der Waals surface area contributed by atoms with Gasteiger partial charge in [-0.3, -0.25) is 4.72 Å². The van der Waals surface area contributed by atoms with Gasteiger partial charge >= 0.3 is 0 Å². The second-order valence-electron chi connectivity index (χ2n) is 4.93. The molecule has 9 nitrogen and oxygen atoms in total. The summed E-state index contributed by atoms with van der Waals surface area (Å²) in [4.78, 5) is 0.180. The van der Waals surface area contributed by atoms with Crippen LogP contribution in [0.25, 0.3) is 0 Å². The van der Waals surface area contributed by atoms with E-state index in [0.29, 0.717) is 12.2 Å². The largest absolute Gasteiger partial charge is 0.399 e. The summed E-state index contributed by atoms with van der Waals surface area (Å²) in [6, 6.07) is 11.9. The number of anilines is 1. The summed E-state index contributed by atoms with van der Waals surface area (Å²) >= 11 is 4.43. The first kappa shape index (κ1) is 21.8. The molecule has 142 valence electrons. The maximum Gasteiger partial charge on any atom is 0.263 e. The Morgan fingerprint density at radius 3 is 1.77 bits per heavy atom. The average molecular weight is 418 g/mol. The maximum absolute atomic E-state index is 11.4. The molecule has 0 aromatic heterocycles. The molecule has 0 fully saturated rings. The molecule has 2 rings (SSSR count). The quantitative estimate of drug-likeness (QED) is 0.328. The summed E-state index contributed by atoms with van der Waals surface area (Å²) in [6.45, 7) is 0.394. The number of rotatable bonds is 4. The molecule has 26 heavy (non-hydrogen) atoms. The van der Waals surface area contributed by atoms with Gasteiger partial charge in [0.1, 0.15) is 0 Å². The van der Waals surface area contributed by atoms with Crippen LogP contribution in [0, 0.1) is 0 Å². The van der Waals surface area contributed by atoms with Crippen LogP contribution < -0.4 is 27.1 Å². The molecule has 0 radical (unpaired) electrons. The molecule has 0 saturated heterocycles. The second-order valence-corrected chi connectivity index (χ2v) is 8.62. The Kier molecular flexibility index (Phi) is 7.47. The van der Waals surface area contributed by atoms with Crippen molar-refractivity contribution in [3.8, 4) is 0 Å². The van der Waals surface area contributed by atoms with Gasteiger partial charge in [-0.2, -0.15) is 0 Å². The van der Waals surface area contributed by atoms with Gasteiger partial charge in [0.15, 0.2) is 5.11 Å². The summed E-state index contributed by atoms with van der Waals surface area (Å²) in [6.07, 6.45) is 0. The van der Waals surface area contributed by atoms with Gasteiger partial charge in [-0.25, -0.2) is 22.0 Å². The molecule has 2 aromatic carbocycles. The lowest BCUT2D eigenvalue weighted by atomic mass is 10.2. The van der Waals surface area contributed by atoms with Crippen molar-refractivity contribution in [1.29, 1.82) is 0 Å². The fraction of sp³-hybridized carbons (Fsp3) is 0.0714. The lowest BCUT2D eigenvalue weighted by Crippen LogP contribution is -2.34. The predicted molar refractivity (Wildman–Crippen MR) is 104 cm³/mol. The zero-order valence-electron chi connectivity index (χ0n) is 13.5. The molecule has 9 N–H and O–H groups in total. The van der Waals surface area contributed by atoms with Gasteiger partial charge in [0.05, 0.1) is 9.79 Å². The number of sulfonamides is 2. The average Bonchev–Trinajstić information content (AvgIpc) is 2.54. The van der Waals surface area contributed by atoms with Crippen LogP contribution in [0.1, 0.15) is 5.56 Å². The van der Waals surface area contributed by atoms with Crippen molar-refractivity contribution in [2.75, 3.05) is 5.73 Å². The number of nitrogens with one attached hydrogen (secondary N) is 1. The van der Waals surface area contributed by atoms with E-state index in [1.165, 1.54) is 36.4 Å². The van der Waals surface area contributed by atoms with E-state index >= 15 is 0 Å². The summed E-state index contributed by atoms with van der Waals surface area (Å²) in [5.74, 6) is 0. The molecular formula is C14H19N5O4S3. The van der Waals surface area contributed by atoms with Crippen molar-refractivity contribution in [1.82, 2.24) is 4.72 Å². The van der Waals surface area contributed by atoms with Crippen molar-refractivity contribution in [2.24, 2.45) is 16.6 Å². The SMILES string of the molecule is NC(=S)NS(=O)(=O)c1ccc(N)cc1.NCc1ccc(S(N)(=O)=O)cc1. The lowest BCUT2D eigenvalue weighted by Gasteiger charge is -2.05. The zero-order chi connectivity index (χ0) is 20.0. The molecular weight excluding hydrogens is 398 g/mol. The molecule has 0 aliphatic heterocycles. The minimum atomic E-state index is -3.65. The highest BCUT2D eigenvalue weighted by Gasteiger charge is 2.13. The number of benzene rings is 2. The first-order chi connectivity index (χ1) is 12.0. The van der Waals surface area contributed by atoms with Crippen molar-refractivity contribution < 1.29 is 16.8 Å².